The second-order valence-corrected chi connectivity index (χ2v) is 14.5. The Labute approximate surface area is 320 Å². The maximum atomic E-state index is 14.3. The van der Waals surface area contributed by atoms with Crippen LogP contribution in [0.5, 0.6) is 5.75 Å². The number of benzene rings is 1. The zero-order chi connectivity index (χ0) is 41.5. The monoisotopic (exact) mass is 802 g/mol. The van der Waals surface area contributed by atoms with Gasteiger partial charge in [0.15, 0.2) is 0 Å². The van der Waals surface area contributed by atoms with Crippen LogP contribution in [0.4, 0.5) is 0 Å². The van der Waals surface area contributed by atoms with Gasteiger partial charge in [0.05, 0.1) is 47.7 Å². The summed E-state index contributed by atoms with van der Waals surface area (Å²) in [5, 5.41) is 31.7. The van der Waals surface area contributed by atoms with E-state index >= 15 is 0 Å². The number of aromatic nitrogens is 1. The van der Waals surface area contributed by atoms with Gasteiger partial charge in [-0.05, 0) is 23.6 Å². The SMILES string of the molecule is C#CC1(C)NC(=O)CNC(=O)[C@@H](NC(C)=O)Cc2c(S(=O)C[C@H](NC(=O)CN)C(=O)N[C@@H](CC(N)=O)C(=O)N3C[C@H](O)C[C@H]3C(=O)NO)[nH]c3cc(ccc23)O1. The number of hydrogen-bond acceptors (Lipinski definition) is 13. The van der Waals surface area contributed by atoms with E-state index in [1.807, 2.05) is 0 Å². The Bertz CT molecular complexity index is 2000. The molecule has 8 amide bonds. The van der Waals surface area contributed by atoms with Crippen LogP contribution in [0.1, 0.15) is 32.3 Å². The number of β-amino-alcohol motifs (C(OH)–C–C–N with tert-alkyl or cyclic N) is 1. The van der Waals surface area contributed by atoms with Gasteiger partial charge in [0.2, 0.25) is 47.1 Å². The first-order valence-electron chi connectivity index (χ1n) is 16.9. The maximum absolute atomic E-state index is 14.3. The highest BCUT2D eigenvalue weighted by Crippen LogP contribution is 2.31. The number of terminal acetylenes is 1. The summed E-state index contributed by atoms with van der Waals surface area (Å²) >= 11 is 0. The van der Waals surface area contributed by atoms with E-state index in [9.17, 15) is 47.7 Å². The highest BCUT2D eigenvalue weighted by atomic mass is 32.2. The summed E-state index contributed by atoms with van der Waals surface area (Å²) in [4.78, 5) is 106. The molecule has 1 fully saturated rings. The topological polar surface area (TPSA) is 347 Å². The molecule has 0 radical (unpaired) electrons. The van der Waals surface area contributed by atoms with Crippen molar-refractivity contribution in [1.82, 2.24) is 41.9 Å². The summed E-state index contributed by atoms with van der Waals surface area (Å²) in [5.74, 6) is -5.46. The average Bonchev–Trinajstić information content (AvgIpc) is 3.71. The van der Waals surface area contributed by atoms with Crippen molar-refractivity contribution in [2.24, 2.45) is 11.5 Å². The third-order valence-corrected chi connectivity index (χ3v) is 10.2. The number of amides is 8. The molecule has 4 bridgehead atoms. The number of rotatable bonds is 12. The first kappa shape index (κ1) is 42.6. The van der Waals surface area contributed by atoms with Gasteiger partial charge in [-0.15, -0.1) is 6.42 Å². The summed E-state index contributed by atoms with van der Waals surface area (Å²) < 4.78 is 20.2. The minimum Gasteiger partial charge on any atom is -0.457 e. The number of carbonyl (C=O) groups excluding carboxylic acids is 8. The lowest BCUT2D eigenvalue weighted by Crippen LogP contribution is -2.58. The molecule has 302 valence electrons. The molecule has 7 atom stereocenters. The van der Waals surface area contributed by atoms with Crippen LogP contribution in [0.2, 0.25) is 0 Å². The minimum atomic E-state index is -2.28. The molecule has 22 nitrogen and oxygen atoms in total. The summed E-state index contributed by atoms with van der Waals surface area (Å²) in [6.07, 6.45) is 3.10. The molecule has 5 rings (SSSR count). The normalized spacial score (nSPS) is 22.6. The van der Waals surface area contributed by atoms with Crippen LogP contribution in [0, 0.1) is 12.3 Å². The number of aliphatic hydroxyl groups excluding tert-OH is 1. The Morgan fingerprint density at radius 1 is 1.18 bits per heavy atom. The Kier molecular flexibility index (Phi) is 13.7. The molecule has 23 heteroatoms. The van der Waals surface area contributed by atoms with E-state index in [-0.39, 0.29) is 29.2 Å². The fourth-order valence-electron chi connectivity index (χ4n) is 6.18. The second-order valence-electron chi connectivity index (χ2n) is 13.1. The van der Waals surface area contributed by atoms with Crippen molar-refractivity contribution >= 4 is 69.0 Å². The smallest absolute Gasteiger partial charge is 0.266 e. The quantitative estimate of drug-likeness (QED) is 0.0543. The third-order valence-electron chi connectivity index (χ3n) is 8.72. The molecule has 13 N–H and O–H groups in total. The van der Waals surface area contributed by atoms with E-state index in [1.165, 1.54) is 24.5 Å². The lowest BCUT2D eigenvalue weighted by atomic mass is 10.0. The number of fused-ring (bicyclic) bond motifs is 9. The van der Waals surface area contributed by atoms with Crippen molar-refractivity contribution in [1.29, 1.82) is 0 Å². The van der Waals surface area contributed by atoms with Crippen LogP contribution in [-0.4, -0.2) is 133 Å². The molecular weight excluding hydrogens is 760 g/mol. The number of primary amides is 1. The second kappa shape index (κ2) is 18.0. The van der Waals surface area contributed by atoms with Crippen LogP contribution in [0.15, 0.2) is 23.2 Å². The molecular formula is C33H42N10O12S. The number of likely N-dealkylation sites (tertiary alicyclic amines) is 1. The zero-order valence-electron chi connectivity index (χ0n) is 30.1. The van der Waals surface area contributed by atoms with Crippen LogP contribution in [0.25, 0.3) is 10.9 Å². The van der Waals surface area contributed by atoms with Gasteiger partial charge in [0.1, 0.15) is 34.9 Å². The van der Waals surface area contributed by atoms with E-state index in [2.05, 4.69) is 37.5 Å². The molecule has 0 spiro atoms. The van der Waals surface area contributed by atoms with E-state index < -0.39 is 126 Å². The van der Waals surface area contributed by atoms with Crippen molar-refractivity contribution in [3.05, 3.63) is 23.8 Å². The zero-order valence-corrected chi connectivity index (χ0v) is 30.9. The number of nitrogens with zero attached hydrogens (tertiary/aromatic N) is 1. The lowest BCUT2D eigenvalue weighted by Gasteiger charge is -2.28. The molecule has 56 heavy (non-hydrogen) atoms. The van der Waals surface area contributed by atoms with E-state index in [0.717, 1.165) is 11.8 Å². The lowest BCUT2D eigenvalue weighted by molar-refractivity contribution is -0.145. The molecule has 0 saturated carbocycles. The van der Waals surface area contributed by atoms with E-state index in [4.69, 9.17) is 27.8 Å². The van der Waals surface area contributed by atoms with Gasteiger partial charge < -0.3 is 57.8 Å². The Morgan fingerprint density at radius 2 is 1.89 bits per heavy atom. The van der Waals surface area contributed by atoms with E-state index in [1.54, 1.807) is 6.07 Å². The van der Waals surface area contributed by atoms with Gasteiger partial charge in [-0.3, -0.25) is 47.8 Å². The number of H-pyrrole nitrogens is 1. The van der Waals surface area contributed by atoms with Crippen molar-refractivity contribution in [3.8, 4) is 18.1 Å². The van der Waals surface area contributed by atoms with Gasteiger partial charge in [0, 0.05) is 44.7 Å². The number of ether oxygens (including phenoxy) is 1. The highest BCUT2D eigenvalue weighted by Gasteiger charge is 2.42. The van der Waals surface area contributed by atoms with E-state index in [0.29, 0.717) is 10.9 Å². The first-order chi connectivity index (χ1) is 26.4. The number of hydroxylamine groups is 1. The minimum absolute atomic E-state index is 0.0578. The first-order valence-corrected chi connectivity index (χ1v) is 18.3. The number of nitrogens with two attached hydrogens (primary N) is 2. The van der Waals surface area contributed by atoms with Gasteiger partial charge in [-0.1, -0.05) is 0 Å². The molecule has 0 aliphatic carbocycles. The van der Waals surface area contributed by atoms with Crippen LogP contribution < -0.4 is 48.3 Å². The molecule has 3 aliphatic heterocycles. The van der Waals surface area contributed by atoms with Crippen LogP contribution >= 0.6 is 0 Å². The number of aliphatic hydroxyl groups is 1. The van der Waals surface area contributed by atoms with Gasteiger partial charge in [-0.2, -0.15) is 0 Å². The summed E-state index contributed by atoms with van der Waals surface area (Å²) in [6, 6.07) is -1.63. The standard InChI is InChI=1S/C33H42N10O12S/c1-4-33(3)41-27(48)12-36-28(49)21(37-15(2)44)9-19-18-6-5-17(55-33)8-20(18)40-31(19)56(54)14-23(38-26(47)11-34)29(50)39-22(10-25(35)46)32(52)43-13-16(45)7-24(43)30(51)42-53/h1,5-6,8,16,21-24,40,45,53H,7,9-14,34H2,2-3H3,(H2,35,46)(H,36,49)(H,37,44)(H,38,47)(H,39,50)(H,41,48)(H,42,51)/t16-,21+,22+,23+,24+,33?,56?/m1/s1. The Morgan fingerprint density at radius 3 is 2.52 bits per heavy atom. The third kappa shape index (κ3) is 10.4. The predicted octanol–water partition coefficient (Wildman–Crippen LogP) is -5.43. The molecule has 2 aromatic rings. The molecule has 3 aliphatic rings. The van der Waals surface area contributed by atoms with Crippen LogP contribution in [0.3, 0.4) is 0 Å². The Balaban J connectivity index is 1.73. The van der Waals surface area contributed by atoms with Gasteiger partial charge in [-0.25, -0.2) is 5.48 Å². The molecule has 1 aromatic carbocycles. The summed E-state index contributed by atoms with van der Waals surface area (Å²) in [6.45, 7) is 0.977. The predicted molar refractivity (Wildman–Crippen MR) is 193 cm³/mol. The number of nitrogens with one attached hydrogen (secondary N) is 7. The largest absolute Gasteiger partial charge is 0.457 e. The molecule has 1 aromatic heterocycles. The Hall–Kier alpha value is -6.09. The van der Waals surface area contributed by atoms with Crippen molar-refractivity contribution in [2.75, 3.05) is 25.4 Å². The molecule has 1 saturated heterocycles. The van der Waals surface area contributed by atoms with Crippen molar-refractivity contribution in [3.63, 3.8) is 0 Å². The molecule has 4 heterocycles. The van der Waals surface area contributed by atoms with Gasteiger partial charge >= 0.3 is 0 Å². The summed E-state index contributed by atoms with van der Waals surface area (Å²) in [5.41, 5.74) is 11.1. The number of carbonyl (C=O) groups is 8. The number of aromatic amines is 1. The van der Waals surface area contributed by atoms with Crippen LogP contribution in [-0.2, 0) is 55.6 Å². The number of hydrogen-bond donors (Lipinski definition) is 11. The average molecular weight is 803 g/mol. The van der Waals surface area contributed by atoms with Crippen molar-refractivity contribution in [2.45, 2.75) is 74.1 Å². The fraction of sp³-hybridized carbons (Fsp3) is 0.455. The fourth-order valence-corrected chi connectivity index (χ4v) is 7.58. The highest BCUT2D eigenvalue weighted by molar-refractivity contribution is 7.85. The molecule has 2 unspecified atom stereocenters. The maximum Gasteiger partial charge on any atom is 0.266 e. The summed E-state index contributed by atoms with van der Waals surface area (Å²) in [7, 11) is -2.28. The van der Waals surface area contributed by atoms with Gasteiger partial charge in [0.25, 0.3) is 5.91 Å². The van der Waals surface area contributed by atoms with Crippen molar-refractivity contribution < 1.29 is 57.6 Å².